The summed E-state index contributed by atoms with van der Waals surface area (Å²) >= 11 is 0. The monoisotopic (exact) mass is 316 g/mol. The summed E-state index contributed by atoms with van der Waals surface area (Å²) in [6, 6.07) is 0. The third kappa shape index (κ3) is 4.11. The summed E-state index contributed by atoms with van der Waals surface area (Å²) in [5, 5.41) is 10.1. The second-order valence-corrected chi connectivity index (χ2v) is 9.55. The molecule has 1 N–H and O–H groups in total. The highest BCUT2D eigenvalue weighted by molar-refractivity contribution is 7.72. The van der Waals surface area contributed by atoms with Gasteiger partial charge in [0.15, 0.2) is 0 Å². The molecule has 0 aromatic carbocycles. The van der Waals surface area contributed by atoms with Gasteiger partial charge in [-0.15, -0.1) is 0 Å². The van der Waals surface area contributed by atoms with E-state index in [2.05, 4.69) is 0 Å². The van der Waals surface area contributed by atoms with Crippen LogP contribution in [0.1, 0.15) is 27.7 Å². The first-order chi connectivity index (χ1) is 8.69. The molecule has 7 nitrogen and oxygen atoms in total. The van der Waals surface area contributed by atoms with Gasteiger partial charge in [-0.1, -0.05) is 13.8 Å². The predicted octanol–water partition coefficient (Wildman–Crippen LogP) is 2.79. The Morgan fingerprint density at radius 2 is 1.68 bits per heavy atom. The van der Waals surface area contributed by atoms with Crippen molar-refractivity contribution in [2.45, 2.75) is 33.3 Å². The van der Waals surface area contributed by atoms with Crippen LogP contribution in [-0.4, -0.2) is 37.1 Å². The summed E-state index contributed by atoms with van der Waals surface area (Å²) in [7, 11) is -7.87. The summed E-state index contributed by atoms with van der Waals surface area (Å²) < 4.78 is 44.9. The Morgan fingerprint density at radius 1 is 1.26 bits per heavy atom. The third-order valence-corrected chi connectivity index (χ3v) is 7.50. The molecule has 0 aromatic heterocycles. The average Bonchev–Trinajstić information content (AvgIpc) is 2.33. The van der Waals surface area contributed by atoms with Crippen LogP contribution in [0.25, 0.3) is 0 Å². The first-order valence-corrected chi connectivity index (χ1v) is 9.37. The van der Waals surface area contributed by atoms with Gasteiger partial charge in [0.25, 0.3) is 5.59 Å². The molecule has 0 aromatic rings. The van der Waals surface area contributed by atoms with Gasteiger partial charge in [0.1, 0.15) is 0 Å². The Kier molecular flexibility index (Phi) is 5.79. The van der Waals surface area contributed by atoms with E-state index in [0.29, 0.717) is 0 Å². The molecular weight excluding hydrogens is 294 g/mol. The molecule has 1 rings (SSSR count). The third-order valence-electron chi connectivity index (χ3n) is 2.45. The van der Waals surface area contributed by atoms with E-state index in [1.165, 1.54) is 0 Å². The molecule has 0 saturated carbocycles. The minimum absolute atomic E-state index is 0.0554. The standard InChI is InChI=1S/C10H22O7P2/c1-5-14-18(12,15-6-2)9(11)19(13)16-7-10(3,4)8-17-19/h9,11H,5-8H2,1-4H3. The molecule has 0 spiro atoms. The maximum absolute atomic E-state index is 12.4. The summed E-state index contributed by atoms with van der Waals surface area (Å²) in [6.07, 6.45) is 0. The maximum atomic E-state index is 12.4. The van der Waals surface area contributed by atoms with Crippen molar-refractivity contribution in [3.8, 4) is 0 Å². The zero-order valence-electron chi connectivity index (χ0n) is 11.7. The largest absolute Gasteiger partial charge is 0.371 e. The van der Waals surface area contributed by atoms with Crippen LogP contribution in [0.3, 0.4) is 0 Å². The first-order valence-electron chi connectivity index (χ1n) is 6.15. The zero-order valence-corrected chi connectivity index (χ0v) is 13.5. The normalized spacial score (nSPS) is 24.1. The summed E-state index contributed by atoms with van der Waals surface area (Å²) in [5.41, 5.74) is -2.23. The van der Waals surface area contributed by atoms with Gasteiger partial charge < -0.3 is 23.2 Å². The van der Waals surface area contributed by atoms with Gasteiger partial charge in [-0.2, -0.15) is 0 Å². The average molecular weight is 316 g/mol. The number of rotatable bonds is 6. The molecule has 0 amide bonds. The van der Waals surface area contributed by atoms with Crippen LogP contribution >= 0.6 is 15.2 Å². The maximum Gasteiger partial charge on any atom is 0.371 e. The van der Waals surface area contributed by atoms with E-state index in [4.69, 9.17) is 18.1 Å². The van der Waals surface area contributed by atoms with Crippen molar-refractivity contribution in [2.75, 3.05) is 26.4 Å². The Balaban J connectivity index is 2.88. The second kappa shape index (κ2) is 6.35. The van der Waals surface area contributed by atoms with Gasteiger partial charge in [-0.05, 0) is 13.8 Å². The molecule has 0 bridgehead atoms. The molecule has 1 aliphatic heterocycles. The van der Waals surface area contributed by atoms with E-state index in [0.717, 1.165) is 0 Å². The summed E-state index contributed by atoms with van der Waals surface area (Å²) in [4.78, 5) is 0. The summed E-state index contributed by atoms with van der Waals surface area (Å²) in [6.45, 7) is 7.32. The van der Waals surface area contributed by atoms with Crippen LogP contribution in [-0.2, 0) is 27.2 Å². The van der Waals surface area contributed by atoms with Gasteiger partial charge >= 0.3 is 15.2 Å². The highest BCUT2D eigenvalue weighted by Gasteiger charge is 2.53. The van der Waals surface area contributed by atoms with E-state index in [1.807, 2.05) is 13.8 Å². The highest BCUT2D eigenvalue weighted by Crippen LogP contribution is 2.70. The first kappa shape index (κ1) is 17.3. The molecule has 1 heterocycles. The molecule has 114 valence electrons. The smallest absolute Gasteiger partial charge is 0.370 e. The van der Waals surface area contributed by atoms with Crippen molar-refractivity contribution >= 4 is 15.2 Å². The molecule has 1 atom stereocenters. The van der Waals surface area contributed by atoms with Crippen molar-refractivity contribution in [1.82, 2.24) is 0 Å². The fourth-order valence-corrected chi connectivity index (χ4v) is 6.09. The van der Waals surface area contributed by atoms with Crippen molar-refractivity contribution in [2.24, 2.45) is 5.41 Å². The molecular formula is C10H22O7P2. The van der Waals surface area contributed by atoms with E-state index in [1.54, 1.807) is 13.8 Å². The molecule has 1 unspecified atom stereocenters. The number of hydrogen-bond acceptors (Lipinski definition) is 7. The SMILES string of the molecule is CCOP(=O)(OCC)C(O)P1(=O)OCC(C)(C)CO1. The molecule has 19 heavy (non-hydrogen) atoms. The lowest BCUT2D eigenvalue weighted by molar-refractivity contribution is 0.0272. The molecule has 1 fully saturated rings. The van der Waals surface area contributed by atoms with Crippen LogP contribution in [0.2, 0.25) is 0 Å². The van der Waals surface area contributed by atoms with Gasteiger partial charge in [-0.3, -0.25) is 9.13 Å². The second-order valence-electron chi connectivity index (χ2n) is 4.97. The van der Waals surface area contributed by atoms with Crippen LogP contribution < -0.4 is 0 Å². The molecule has 9 heteroatoms. The number of hydrogen-bond donors (Lipinski definition) is 1. The van der Waals surface area contributed by atoms with E-state index in [9.17, 15) is 14.2 Å². The van der Waals surface area contributed by atoms with Crippen molar-refractivity contribution < 1.29 is 32.3 Å². The lowest BCUT2D eigenvalue weighted by atomic mass is 9.97. The topological polar surface area (TPSA) is 91.3 Å². The lowest BCUT2D eigenvalue weighted by Gasteiger charge is -2.36. The Hall–Kier alpha value is 0.260. The van der Waals surface area contributed by atoms with Gasteiger partial charge in [-0.25, -0.2) is 0 Å². The van der Waals surface area contributed by atoms with Gasteiger partial charge in [0.2, 0.25) is 0 Å². The fraction of sp³-hybridized carbons (Fsp3) is 1.00. The quantitative estimate of drug-likeness (QED) is 0.753. The highest BCUT2D eigenvalue weighted by atomic mass is 31.2. The molecule has 1 saturated heterocycles. The predicted molar refractivity (Wildman–Crippen MR) is 70.2 cm³/mol. The van der Waals surface area contributed by atoms with Crippen molar-refractivity contribution in [3.63, 3.8) is 0 Å². The van der Waals surface area contributed by atoms with Crippen LogP contribution in [0, 0.1) is 5.41 Å². The minimum Gasteiger partial charge on any atom is -0.370 e. The summed E-state index contributed by atoms with van der Waals surface area (Å²) in [5.74, 6) is 0. The van der Waals surface area contributed by atoms with Gasteiger partial charge in [0.05, 0.1) is 26.4 Å². The number of aliphatic hydroxyl groups excluding tert-OH is 1. The van der Waals surface area contributed by atoms with Gasteiger partial charge in [0, 0.05) is 5.41 Å². The van der Waals surface area contributed by atoms with E-state index < -0.39 is 20.8 Å². The van der Waals surface area contributed by atoms with Crippen LogP contribution in [0.15, 0.2) is 0 Å². The van der Waals surface area contributed by atoms with E-state index in [-0.39, 0.29) is 31.8 Å². The molecule has 0 radical (unpaired) electrons. The molecule has 0 aliphatic carbocycles. The Morgan fingerprint density at radius 3 is 2.05 bits per heavy atom. The minimum atomic E-state index is -3.94. The van der Waals surface area contributed by atoms with Crippen LogP contribution in [0.4, 0.5) is 0 Å². The Bertz CT molecular complexity index is 371. The zero-order chi connectivity index (χ0) is 14.7. The fourth-order valence-electron chi connectivity index (χ4n) is 1.45. The van der Waals surface area contributed by atoms with Crippen LogP contribution in [0.5, 0.6) is 0 Å². The Labute approximate surface area is 113 Å². The van der Waals surface area contributed by atoms with Crippen molar-refractivity contribution in [1.29, 1.82) is 0 Å². The van der Waals surface area contributed by atoms with E-state index >= 15 is 0 Å². The number of aliphatic hydroxyl groups is 1. The molecule has 1 aliphatic rings. The lowest BCUT2D eigenvalue weighted by Crippen LogP contribution is -2.32. The van der Waals surface area contributed by atoms with Crippen molar-refractivity contribution in [3.05, 3.63) is 0 Å².